The summed E-state index contributed by atoms with van der Waals surface area (Å²) in [5, 5.41) is 11.6. The van der Waals surface area contributed by atoms with Crippen LogP contribution in [0.3, 0.4) is 0 Å². The van der Waals surface area contributed by atoms with Gasteiger partial charge in [-0.1, -0.05) is 30.3 Å². The predicted molar refractivity (Wildman–Crippen MR) is 82.0 cm³/mol. The number of amides is 1. The van der Waals surface area contributed by atoms with Crippen molar-refractivity contribution in [2.45, 2.75) is 0 Å². The van der Waals surface area contributed by atoms with Crippen LogP contribution in [-0.2, 0) is 0 Å². The summed E-state index contributed by atoms with van der Waals surface area (Å²) in [5.74, 6) is 4.73. The summed E-state index contributed by atoms with van der Waals surface area (Å²) < 4.78 is 0. The van der Waals surface area contributed by atoms with Crippen LogP contribution in [0.25, 0.3) is 22.0 Å². The van der Waals surface area contributed by atoms with E-state index in [9.17, 15) is 14.9 Å². The van der Waals surface area contributed by atoms with Gasteiger partial charge in [-0.2, -0.15) is 0 Å². The monoisotopic (exact) mass is 296 g/mol. The molecule has 7 nitrogen and oxygen atoms in total. The van der Waals surface area contributed by atoms with Gasteiger partial charge in [0.2, 0.25) is 0 Å². The van der Waals surface area contributed by atoms with Crippen LogP contribution in [-0.4, -0.2) is 15.8 Å². The van der Waals surface area contributed by atoms with E-state index < -0.39 is 10.8 Å². The molecular weight excluding hydrogens is 284 g/mol. The minimum atomic E-state index is -0.488. The van der Waals surface area contributed by atoms with Crippen LogP contribution in [0.5, 0.6) is 0 Å². The minimum Gasteiger partial charge on any atom is -0.350 e. The first kappa shape index (κ1) is 13.8. The maximum Gasteiger partial charge on any atom is 0.282 e. The molecule has 1 heterocycles. The third-order valence-corrected chi connectivity index (χ3v) is 3.41. The molecule has 0 aliphatic heterocycles. The molecule has 1 aromatic heterocycles. The van der Waals surface area contributed by atoms with Crippen molar-refractivity contribution in [3.63, 3.8) is 0 Å². The number of nitro benzene ring substituents is 1. The van der Waals surface area contributed by atoms with Gasteiger partial charge in [0.25, 0.3) is 11.6 Å². The number of aromatic amines is 1. The topological polar surface area (TPSA) is 114 Å². The average Bonchev–Trinajstić information content (AvgIpc) is 2.93. The molecule has 0 saturated carbocycles. The Kier molecular flexibility index (Phi) is 3.32. The first-order chi connectivity index (χ1) is 10.6. The number of H-pyrrole nitrogens is 1. The zero-order chi connectivity index (χ0) is 15.7. The summed E-state index contributed by atoms with van der Waals surface area (Å²) in [6.45, 7) is 0. The van der Waals surface area contributed by atoms with E-state index in [0.717, 1.165) is 5.56 Å². The van der Waals surface area contributed by atoms with Crippen LogP contribution in [0.4, 0.5) is 5.69 Å². The summed E-state index contributed by atoms with van der Waals surface area (Å²) in [6.07, 6.45) is 0. The lowest BCUT2D eigenvalue weighted by Crippen LogP contribution is -2.30. The summed E-state index contributed by atoms with van der Waals surface area (Å²) in [7, 11) is 0. The van der Waals surface area contributed by atoms with Gasteiger partial charge in [0, 0.05) is 28.6 Å². The Morgan fingerprint density at radius 1 is 1.18 bits per heavy atom. The van der Waals surface area contributed by atoms with Gasteiger partial charge in [-0.3, -0.25) is 20.3 Å². The Bertz CT molecular complexity index is 871. The fourth-order valence-corrected chi connectivity index (χ4v) is 2.44. The lowest BCUT2D eigenvalue weighted by molar-refractivity contribution is -0.384. The molecule has 1 amide bonds. The molecule has 22 heavy (non-hydrogen) atoms. The number of nitro groups is 1. The molecule has 0 radical (unpaired) electrons. The summed E-state index contributed by atoms with van der Waals surface area (Å²) >= 11 is 0. The van der Waals surface area contributed by atoms with Crippen molar-refractivity contribution in [1.82, 2.24) is 10.4 Å². The van der Waals surface area contributed by atoms with Crippen molar-refractivity contribution in [2.24, 2.45) is 5.84 Å². The number of aromatic nitrogens is 1. The zero-order valence-corrected chi connectivity index (χ0v) is 11.4. The van der Waals surface area contributed by atoms with E-state index >= 15 is 0 Å². The smallest absolute Gasteiger partial charge is 0.282 e. The first-order valence-electron chi connectivity index (χ1n) is 6.48. The highest BCUT2D eigenvalue weighted by atomic mass is 16.6. The van der Waals surface area contributed by atoms with E-state index in [-0.39, 0.29) is 11.4 Å². The number of nitrogens with two attached hydrogens (primary N) is 1. The van der Waals surface area contributed by atoms with Crippen molar-refractivity contribution in [2.75, 3.05) is 0 Å². The third kappa shape index (κ3) is 2.19. The van der Waals surface area contributed by atoms with Gasteiger partial charge < -0.3 is 4.98 Å². The Hall–Kier alpha value is -3.19. The molecular formula is C15H12N4O3. The van der Waals surface area contributed by atoms with E-state index in [4.69, 9.17) is 5.84 Å². The van der Waals surface area contributed by atoms with E-state index in [0.29, 0.717) is 16.5 Å². The van der Waals surface area contributed by atoms with Crippen LogP contribution < -0.4 is 11.3 Å². The van der Waals surface area contributed by atoms with Crippen molar-refractivity contribution in [3.05, 3.63) is 64.3 Å². The number of hydrazine groups is 1. The number of carbonyl (C=O) groups excluding carboxylic acids is 1. The standard InChI is InChI=1S/C15H12N4O3/c16-18-15(20)14-13(9-4-2-1-3-5-9)11-8-10(19(21)22)6-7-12(11)17-14/h1-8,17H,16H2,(H,18,20). The average molecular weight is 296 g/mol. The van der Waals surface area contributed by atoms with Crippen LogP contribution >= 0.6 is 0 Å². The number of carbonyl (C=O) groups is 1. The number of nitrogens with one attached hydrogen (secondary N) is 2. The highest BCUT2D eigenvalue weighted by Crippen LogP contribution is 2.34. The van der Waals surface area contributed by atoms with Crippen LogP contribution in [0, 0.1) is 10.1 Å². The molecule has 7 heteroatoms. The summed E-state index contributed by atoms with van der Waals surface area (Å²) in [6, 6.07) is 13.6. The second-order valence-electron chi connectivity index (χ2n) is 4.70. The van der Waals surface area contributed by atoms with Crippen LogP contribution in [0.1, 0.15) is 10.5 Å². The maximum atomic E-state index is 12.0. The van der Waals surface area contributed by atoms with Crippen molar-refractivity contribution in [3.8, 4) is 11.1 Å². The van der Waals surface area contributed by atoms with Gasteiger partial charge in [-0.25, -0.2) is 5.84 Å². The highest BCUT2D eigenvalue weighted by Gasteiger charge is 2.20. The van der Waals surface area contributed by atoms with Gasteiger partial charge in [0.15, 0.2) is 0 Å². The van der Waals surface area contributed by atoms with Gasteiger partial charge in [-0.15, -0.1) is 0 Å². The van der Waals surface area contributed by atoms with Gasteiger partial charge in [-0.05, 0) is 11.6 Å². The molecule has 0 atom stereocenters. The molecule has 4 N–H and O–H groups in total. The number of nitrogen functional groups attached to an aromatic ring is 1. The SMILES string of the molecule is NNC(=O)c1[nH]c2ccc([N+](=O)[O-])cc2c1-c1ccccc1. The van der Waals surface area contributed by atoms with E-state index in [2.05, 4.69) is 10.4 Å². The van der Waals surface area contributed by atoms with Crippen molar-refractivity contribution >= 4 is 22.5 Å². The fraction of sp³-hybridized carbons (Fsp3) is 0. The predicted octanol–water partition coefficient (Wildman–Crippen LogP) is 2.35. The summed E-state index contributed by atoms with van der Waals surface area (Å²) in [5.41, 5.74) is 4.30. The molecule has 110 valence electrons. The second kappa shape index (κ2) is 5.30. The molecule has 2 aromatic carbocycles. The van der Waals surface area contributed by atoms with E-state index in [1.54, 1.807) is 6.07 Å². The maximum absolute atomic E-state index is 12.0. The summed E-state index contributed by atoms with van der Waals surface area (Å²) in [4.78, 5) is 25.5. The van der Waals surface area contributed by atoms with Crippen LogP contribution in [0.15, 0.2) is 48.5 Å². The number of fused-ring (bicyclic) bond motifs is 1. The fourth-order valence-electron chi connectivity index (χ4n) is 2.44. The number of hydrogen-bond donors (Lipinski definition) is 3. The van der Waals surface area contributed by atoms with Gasteiger partial charge in [0.1, 0.15) is 5.69 Å². The molecule has 0 aliphatic rings. The minimum absolute atomic E-state index is 0.0385. The van der Waals surface area contributed by atoms with E-state index in [1.807, 2.05) is 30.3 Å². The van der Waals surface area contributed by atoms with Crippen molar-refractivity contribution < 1.29 is 9.72 Å². The third-order valence-electron chi connectivity index (χ3n) is 3.41. The molecule has 0 saturated heterocycles. The first-order valence-corrected chi connectivity index (χ1v) is 6.48. The Morgan fingerprint density at radius 3 is 2.55 bits per heavy atom. The number of non-ortho nitro benzene ring substituents is 1. The van der Waals surface area contributed by atoms with Crippen molar-refractivity contribution in [1.29, 1.82) is 0 Å². The normalized spacial score (nSPS) is 10.6. The lowest BCUT2D eigenvalue weighted by atomic mass is 10.0. The Morgan fingerprint density at radius 2 is 1.91 bits per heavy atom. The number of nitrogens with zero attached hydrogens (tertiary/aromatic N) is 1. The quantitative estimate of drug-likeness (QED) is 0.298. The molecule has 3 aromatic rings. The van der Waals surface area contributed by atoms with Crippen LogP contribution in [0.2, 0.25) is 0 Å². The number of rotatable bonds is 3. The largest absolute Gasteiger partial charge is 0.350 e. The molecule has 0 aliphatic carbocycles. The van der Waals surface area contributed by atoms with Gasteiger partial charge >= 0.3 is 0 Å². The van der Waals surface area contributed by atoms with E-state index in [1.165, 1.54) is 12.1 Å². The Balaban J connectivity index is 2.35. The second-order valence-corrected chi connectivity index (χ2v) is 4.70. The highest BCUT2D eigenvalue weighted by molar-refractivity contribution is 6.10. The molecule has 0 fully saturated rings. The molecule has 0 bridgehead atoms. The number of benzene rings is 2. The zero-order valence-electron chi connectivity index (χ0n) is 11.4. The lowest BCUT2D eigenvalue weighted by Gasteiger charge is -2.04. The molecule has 3 rings (SSSR count). The number of hydrogen-bond acceptors (Lipinski definition) is 4. The molecule has 0 unspecified atom stereocenters. The van der Waals surface area contributed by atoms with Gasteiger partial charge in [0.05, 0.1) is 4.92 Å². The molecule has 0 spiro atoms. The Labute approximate surface area is 124 Å².